The van der Waals surface area contributed by atoms with E-state index in [1.807, 2.05) is 73.1 Å². The molecule has 140 valence electrons. The van der Waals surface area contributed by atoms with Gasteiger partial charge in [-0.15, -0.1) is 0 Å². The number of benzene rings is 2. The molecule has 1 N–H and O–H groups in total. The lowest BCUT2D eigenvalue weighted by atomic mass is 10.1. The molecular weight excluding hydrogens is 352 g/mol. The van der Waals surface area contributed by atoms with E-state index in [-0.39, 0.29) is 5.91 Å². The lowest BCUT2D eigenvalue weighted by Crippen LogP contribution is -2.12. The van der Waals surface area contributed by atoms with E-state index in [9.17, 15) is 4.79 Å². The summed E-state index contributed by atoms with van der Waals surface area (Å²) in [6, 6.07) is 18.5. The first-order valence-electron chi connectivity index (χ1n) is 9.08. The normalized spacial score (nSPS) is 10.8. The number of hydrogen-bond acceptors (Lipinski definition) is 4. The van der Waals surface area contributed by atoms with Crippen LogP contribution >= 0.6 is 0 Å². The second kappa shape index (κ2) is 7.52. The number of carbonyl (C=O) groups is 1. The van der Waals surface area contributed by atoms with E-state index in [0.717, 1.165) is 28.3 Å². The van der Waals surface area contributed by atoms with Gasteiger partial charge in [-0.3, -0.25) is 4.79 Å². The molecule has 0 aliphatic rings. The molecule has 6 heteroatoms. The third kappa shape index (κ3) is 3.44. The summed E-state index contributed by atoms with van der Waals surface area (Å²) >= 11 is 0. The number of imidazole rings is 1. The molecule has 2 aromatic heterocycles. The van der Waals surface area contributed by atoms with Gasteiger partial charge in [0.25, 0.3) is 5.91 Å². The number of ether oxygens (including phenoxy) is 1. The van der Waals surface area contributed by atoms with Gasteiger partial charge in [0.1, 0.15) is 17.1 Å². The average Bonchev–Trinajstić information content (AvgIpc) is 3.07. The standard InChI is InChI=1S/C22H20N4O2/c1-3-28-18-11-9-17(10-12-18)24-22(27)16-7-4-6-15(14-16)20-25-19-8-5-13-23-21(19)26(20)2/h4-14H,3H2,1-2H3,(H,24,27). The Morgan fingerprint density at radius 2 is 1.93 bits per heavy atom. The van der Waals surface area contributed by atoms with Gasteiger partial charge in [0, 0.05) is 30.1 Å². The quantitative estimate of drug-likeness (QED) is 0.567. The van der Waals surface area contributed by atoms with Crippen molar-refractivity contribution < 1.29 is 9.53 Å². The number of aryl methyl sites for hydroxylation is 1. The number of pyridine rings is 1. The van der Waals surface area contributed by atoms with Crippen LogP contribution in [0.2, 0.25) is 0 Å². The Kier molecular flexibility index (Phi) is 4.76. The van der Waals surface area contributed by atoms with Crippen LogP contribution in [0.1, 0.15) is 17.3 Å². The molecule has 28 heavy (non-hydrogen) atoms. The Bertz CT molecular complexity index is 1130. The van der Waals surface area contributed by atoms with Gasteiger partial charge in [-0.25, -0.2) is 9.97 Å². The molecule has 0 fully saturated rings. The number of anilines is 1. The van der Waals surface area contributed by atoms with Gasteiger partial charge in [-0.2, -0.15) is 0 Å². The number of amides is 1. The van der Waals surface area contributed by atoms with Crippen molar-refractivity contribution in [2.24, 2.45) is 7.05 Å². The van der Waals surface area contributed by atoms with E-state index in [4.69, 9.17) is 4.74 Å². The smallest absolute Gasteiger partial charge is 0.255 e. The van der Waals surface area contributed by atoms with E-state index in [1.165, 1.54) is 0 Å². The Morgan fingerprint density at radius 1 is 1.11 bits per heavy atom. The van der Waals surface area contributed by atoms with Crippen LogP contribution in [-0.2, 0) is 7.05 Å². The molecule has 0 unspecified atom stereocenters. The van der Waals surface area contributed by atoms with Gasteiger partial charge >= 0.3 is 0 Å². The third-order valence-corrected chi connectivity index (χ3v) is 4.43. The second-order valence-corrected chi connectivity index (χ2v) is 6.33. The number of nitrogens with zero attached hydrogens (tertiary/aromatic N) is 3. The summed E-state index contributed by atoms with van der Waals surface area (Å²) in [6.45, 7) is 2.54. The Morgan fingerprint density at radius 3 is 2.68 bits per heavy atom. The van der Waals surface area contributed by atoms with Crippen LogP contribution in [-0.4, -0.2) is 27.0 Å². The summed E-state index contributed by atoms with van der Waals surface area (Å²) in [6.07, 6.45) is 1.74. The molecule has 1 amide bonds. The minimum atomic E-state index is -0.178. The summed E-state index contributed by atoms with van der Waals surface area (Å²) in [7, 11) is 1.92. The molecule has 0 spiro atoms. The van der Waals surface area contributed by atoms with Crippen LogP contribution in [0, 0.1) is 0 Å². The minimum Gasteiger partial charge on any atom is -0.494 e. The molecule has 6 nitrogen and oxygen atoms in total. The van der Waals surface area contributed by atoms with Crippen LogP contribution in [0.3, 0.4) is 0 Å². The Labute approximate surface area is 162 Å². The van der Waals surface area contributed by atoms with Crippen molar-refractivity contribution in [2.75, 3.05) is 11.9 Å². The third-order valence-electron chi connectivity index (χ3n) is 4.43. The van der Waals surface area contributed by atoms with Crippen molar-refractivity contribution in [3.8, 4) is 17.1 Å². The van der Waals surface area contributed by atoms with E-state index in [0.29, 0.717) is 17.9 Å². The molecule has 2 aromatic carbocycles. The van der Waals surface area contributed by atoms with Crippen LogP contribution in [0.5, 0.6) is 5.75 Å². The summed E-state index contributed by atoms with van der Waals surface area (Å²) in [4.78, 5) is 21.7. The molecule has 0 saturated carbocycles. The number of rotatable bonds is 5. The second-order valence-electron chi connectivity index (χ2n) is 6.33. The van der Waals surface area contributed by atoms with Crippen molar-refractivity contribution >= 4 is 22.8 Å². The maximum atomic E-state index is 12.7. The lowest BCUT2D eigenvalue weighted by Gasteiger charge is -2.08. The summed E-state index contributed by atoms with van der Waals surface area (Å²) in [5, 5.41) is 2.91. The molecule has 0 radical (unpaired) electrons. The van der Waals surface area contributed by atoms with Crippen LogP contribution in [0.25, 0.3) is 22.6 Å². The number of aromatic nitrogens is 3. The number of carbonyl (C=O) groups excluding carboxylic acids is 1. The SMILES string of the molecule is CCOc1ccc(NC(=O)c2cccc(-c3nc4cccnc4n3C)c2)cc1. The number of nitrogens with one attached hydrogen (secondary N) is 1. The zero-order valence-electron chi connectivity index (χ0n) is 15.7. The van der Waals surface area contributed by atoms with Crippen molar-refractivity contribution in [1.29, 1.82) is 0 Å². The minimum absolute atomic E-state index is 0.178. The predicted octanol–water partition coefficient (Wildman–Crippen LogP) is 4.29. The maximum absolute atomic E-state index is 12.7. The Balaban J connectivity index is 1.59. The molecule has 0 atom stereocenters. The molecule has 0 aliphatic carbocycles. The van der Waals surface area contributed by atoms with Crippen LogP contribution < -0.4 is 10.1 Å². The fraction of sp³-hybridized carbons (Fsp3) is 0.136. The lowest BCUT2D eigenvalue weighted by molar-refractivity contribution is 0.102. The summed E-state index contributed by atoms with van der Waals surface area (Å²) < 4.78 is 7.35. The maximum Gasteiger partial charge on any atom is 0.255 e. The highest BCUT2D eigenvalue weighted by Gasteiger charge is 2.13. The van der Waals surface area contributed by atoms with Gasteiger partial charge in [-0.1, -0.05) is 12.1 Å². The molecule has 0 bridgehead atoms. The first-order valence-corrected chi connectivity index (χ1v) is 9.08. The highest BCUT2D eigenvalue weighted by atomic mass is 16.5. The molecule has 0 saturated heterocycles. The molecular formula is C22H20N4O2. The predicted molar refractivity (Wildman–Crippen MR) is 110 cm³/mol. The summed E-state index contributed by atoms with van der Waals surface area (Å²) in [5.41, 5.74) is 3.77. The van der Waals surface area contributed by atoms with Crippen molar-refractivity contribution in [3.05, 3.63) is 72.4 Å². The zero-order valence-corrected chi connectivity index (χ0v) is 15.7. The molecule has 4 aromatic rings. The van der Waals surface area contributed by atoms with Gasteiger partial charge in [-0.05, 0) is 55.5 Å². The van der Waals surface area contributed by atoms with Gasteiger partial charge in [0.15, 0.2) is 5.65 Å². The first kappa shape index (κ1) is 17.7. The van der Waals surface area contributed by atoms with Gasteiger partial charge in [0.2, 0.25) is 0 Å². The van der Waals surface area contributed by atoms with Crippen molar-refractivity contribution in [3.63, 3.8) is 0 Å². The largest absolute Gasteiger partial charge is 0.494 e. The molecule has 4 rings (SSSR count). The highest BCUT2D eigenvalue weighted by molar-refractivity contribution is 6.05. The monoisotopic (exact) mass is 372 g/mol. The molecule has 2 heterocycles. The van der Waals surface area contributed by atoms with E-state index in [1.54, 1.807) is 12.3 Å². The first-order chi connectivity index (χ1) is 13.7. The van der Waals surface area contributed by atoms with E-state index >= 15 is 0 Å². The zero-order chi connectivity index (χ0) is 19.5. The number of hydrogen-bond donors (Lipinski definition) is 1. The fourth-order valence-corrected chi connectivity index (χ4v) is 3.09. The summed E-state index contributed by atoms with van der Waals surface area (Å²) in [5.74, 6) is 1.37. The average molecular weight is 372 g/mol. The van der Waals surface area contributed by atoms with E-state index < -0.39 is 0 Å². The van der Waals surface area contributed by atoms with Crippen LogP contribution in [0.4, 0.5) is 5.69 Å². The van der Waals surface area contributed by atoms with Crippen LogP contribution in [0.15, 0.2) is 66.9 Å². The van der Waals surface area contributed by atoms with Gasteiger partial charge in [0.05, 0.1) is 6.61 Å². The Hall–Kier alpha value is -3.67. The van der Waals surface area contributed by atoms with Gasteiger partial charge < -0.3 is 14.6 Å². The van der Waals surface area contributed by atoms with Crippen molar-refractivity contribution in [1.82, 2.24) is 14.5 Å². The fourth-order valence-electron chi connectivity index (χ4n) is 3.09. The highest BCUT2D eigenvalue weighted by Crippen LogP contribution is 2.24. The molecule has 0 aliphatic heterocycles. The van der Waals surface area contributed by atoms with E-state index in [2.05, 4.69) is 15.3 Å². The number of fused-ring (bicyclic) bond motifs is 1. The topological polar surface area (TPSA) is 69.0 Å². The van der Waals surface area contributed by atoms with Crippen molar-refractivity contribution in [2.45, 2.75) is 6.92 Å².